The molecule has 0 aliphatic rings. The summed E-state index contributed by atoms with van der Waals surface area (Å²) in [6.45, 7) is 13.9. The van der Waals surface area contributed by atoms with Gasteiger partial charge in [-0.3, -0.25) is 0 Å². The summed E-state index contributed by atoms with van der Waals surface area (Å²) >= 11 is -1.62. The first-order valence-corrected chi connectivity index (χ1v) is 15.2. The molecule has 0 aromatic heterocycles. The molecular formula is C16H29Cl2NPPd. The third-order valence-electron chi connectivity index (χ3n) is 3.92. The minimum atomic E-state index is -2.08. The van der Waals surface area contributed by atoms with Gasteiger partial charge in [0.1, 0.15) is 0 Å². The molecule has 0 unspecified atom stereocenters. The number of halogens is 2. The van der Waals surface area contributed by atoms with E-state index in [-0.39, 0.29) is 10.3 Å². The summed E-state index contributed by atoms with van der Waals surface area (Å²) in [5, 5.41) is 1.63. The Kier molecular flexibility index (Phi) is 6.27. The first-order chi connectivity index (χ1) is 9.35. The zero-order valence-electron chi connectivity index (χ0n) is 14.3. The van der Waals surface area contributed by atoms with Crippen LogP contribution in [-0.2, 0) is 14.2 Å². The van der Waals surface area contributed by atoms with Crippen molar-refractivity contribution < 1.29 is 14.2 Å². The van der Waals surface area contributed by atoms with Gasteiger partial charge in [-0.05, 0) is 0 Å². The van der Waals surface area contributed by atoms with Crippen LogP contribution in [0, 0.1) is 0 Å². The maximum absolute atomic E-state index is 6.74. The number of nitrogens with zero attached hydrogens (tertiary/aromatic N) is 1. The van der Waals surface area contributed by atoms with Gasteiger partial charge in [0.25, 0.3) is 0 Å². The fraction of sp³-hybridized carbons (Fsp3) is 0.625. The van der Waals surface area contributed by atoms with Gasteiger partial charge in [-0.1, -0.05) is 0 Å². The summed E-state index contributed by atoms with van der Waals surface area (Å²) in [6, 6.07) is 8.90. The Morgan fingerprint density at radius 1 is 0.857 bits per heavy atom. The van der Waals surface area contributed by atoms with E-state index < -0.39 is 19.7 Å². The minimum absolute atomic E-state index is 0.120. The van der Waals surface area contributed by atoms with Gasteiger partial charge in [0.15, 0.2) is 0 Å². The second kappa shape index (κ2) is 6.67. The normalized spacial score (nSPS) is 14.9. The number of rotatable bonds is 3. The van der Waals surface area contributed by atoms with Gasteiger partial charge in [0.2, 0.25) is 0 Å². The summed E-state index contributed by atoms with van der Waals surface area (Å²) in [5.41, 5.74) is -0.869. The first kappa shape index (κ1) is 19.7. The van der Waals surface area contributed by atoms with Gasteiger partial charge >= 0.3 is 145 Å². The molecule has 0 bridgehead atoms. The maximum atomic E-state index is 6.74. The van der Waals surface area contributed by atoms with E-state index in [1.54, 1.807) is 0 Å². The van der Waals surface area contributed by atoms with Crippen LogP contribution < -0.4 is 10.2 Å². The Morgan fingerprint density at radius 2 is 1.24 bits per heavy atom. The summed E-state index contributed by atoms with van der Waals surface area (Å²) < 4.78 is 0. The fourth-order valence-corrected chi connectivity index (χ4v) is 31.1. The predicted molar refractivity (Wildman–Crippen MR) is 99.9 cm³/mol. The number of anilines is 1. The molecule has 0 saturated carbocycles. The Hall–Kier alpha value is 0.692. The third kappa shape index (κ3) is 3.62. The zero-order chi connectivity index (χ0) is 16.6. The van der Waals surface area contributed by atoms with Crippen LogP contribution in [0.25, 0.3) is 0 Å². The molecule has 1 aromatic carbocycles. The van der Waals surface area contributed by atoms with Gasteiger partial charge in [0.05, 0.1) is 0 Å². The van der Waals surface area contributed by atoms with E-state index in [2.05, 4.69) is 84.8 Å². The number of benzene rings is 1. The Morgan fingerprint density at radius 3 is 1.48 bits per heavy atom. The van der Waals surface area contributed by atoms with E-state index in [9.17, 15) is 0 Å². The molecule has 5 heteroatoms. The van der Waals surface area contributed by atoms with Crippen LogP contribution >= 0.6 is 24.5 Å². The van der Waals surface area contributed by atoms with Crippen LogP contribution in [0.15, 0.2) is 24.3 Å². The van der Waals surface area contributed by atoms with Crippen molar-refractivity contribution in [3.05, 3.63) is 24.3 Å². The van der Waals surface area contributed by atoms with Crippen LogP contribution in [0.5, 0.6) is 0 Å². The van der Waals surface area contributed by atoms with Crippen molar-refractivity contribution in [2.75, 3.05) is 19.0 Å². The van der Waals surface area contributed by atoms with Gasteiger partial charge in [-0.25, -0.2) is 0 Å². The van der Waals surface area contributed by atoms with Crippen molar-refractivity contribution in [1.82, 2.24) is 0 Å². The second-order valence-corrected chi connectivity index (χ2v) is 24.6. The molecule has 0 fully saturated rings. The van der Waals surface area contributed by atoms with E-state index >= 15 is 0 Å². The van der Waals surface area contributed by atoms with E-state index in [0.717, 1.165) is 0 Å². The number of hydrogen-bond donors (Lipinski definition) is 0. The molecule has 21 heavy (non-hydrogen) atoms. The van der Waals surface area contributed by atoms with Gasteiger partial charge in [-0.15, -0.1) is 0 Å². The summed E-state index contributed by atoms with van der Waals surface area (Å²) in [6.07, 6.45) is 0. The Balaban J connectivity index is 3.58. The van der Waals surface area contributed by atoms with Gasteiger partial charge in [-0.2, -0.15) is 0 Å². The standard InChI is InChI=1S/C16H28NP.2ClH.Pd/c1-15(2,3)18(16(4,5)6)14-11-9-13(10-12-14)17(7)8;;;/h9-12H,1-8H3;2*1H;/q;;;+1/p-1. The van der Waals surface area contributed by atoms with Crippen molar-refractivity contribution in [3.63, 3.8) is 0 Å². The quantitative estimate of drug-likeness (QED) is 0.436. The van der Waals surface area contributed by atoms with Crippen LogP contribution in [0.3, 0.4) is 0 Å². The average Bonchev–Trinajstić information content (AvgIpc) is 2.25. The van der Waals surface area contributed by atoms with Gasteiger partial charge < -0.3 is 0 Å². The van der Waals surface area contributed by atoms with Crippen LogP contribution in [-0.4, -0.2) is 24.4 Å². The molecule has 0 heterocycles. The molecule has 0 spiro atoms. The first-order valence-electron chi connectivity index (χ1n) is 7.09. The summed E-state index contributed by atoms with van der Waals surface area (Å²) in [4.78, 5) is 2.12. The molecular weight excluding hydrogens is 414 g/mol. The van der Waals surface area contributed by atoms with E-state index in [0.29, 0.717) is 0 Å². The fourth-order valence-electron chi connectivity index (χ4n) is 3.40. The van der Waals surface area contributed by atoms with E-state index in [1.807, 2.05) is 0 Å². The molecule has 0 saturated heterocycles. The van der Waals surface area contributed by atoms with Gasteiger partial charge in [0, 0.05) is 0 Å². The predicted octanol–water partition coefficient (Wildman–Crippen LogP) is 5.57. The van der Waals surface area contributed by atoms with Crippen LogP contribution in [0.1, 0.15) is 41.5 Å². The van der Waals surface area contributed by atoms with Crippen LogP contribution in [0.4, 0.5) is 5.69 Å². The van der Waals surface area contributed by atoms with Crippen molar-refractivity contribution in [1.29, 1.82) is 0 Å². The molecule has 0 radical (unpaired) electrons. The topological polar surface area (TPSA) is 3.24 Å². The van der Waals surface area contributed by atoms with Crippen molar-refractivity contribution in [3.8, 4) is 0 Å². The monoisotopic (exact) mass is 442 g/mol. The molecule has 127 valence electrons. The zero-order valence-corrected chi connectivity index (χ0v) is 18.4. The van der Waals surface area contributed by atoms with Crippen LogP contribution in [0.2, 0.25) is 0 Å². The summed E-state index contributed by atoms with van der Waals surface area (Å²) in [5.74, 6) is 0. The Labute approximate surface area is 144 Å². The van der Waals surface area contributed by atoms with Crippen molar-refractivity contribution >= 4 is 35.5 Å². The van der Waals surface area contributed by atoms with Crippen molar-refractivity contribution in [2.24, 2.45) is 0 Å². The molecule has 0 aliphatic carbocycles. The SMILES string of the molecule is CN(C)c1ccc([PH]([Pd]([Cl])[Cl])(C(C)(C)C)C(C)(C)C)cc1. The molecule has 0 N–H and O–H groups in total. The Bertz CT molecular complexity index is 459. The summed E-state index contributed by atoms with van der Waals surface area (Å²) in [7, 11) is 17.6. The van der Waals surface area contributed by atoms with E-state index in [4.69, 9.17) is 19.1 Å². The average molecular weight is 444 g/mol. The molecule has 0 aliphatic heterocycles. The molecule has 1 rings (SSSR count). The second-order valence-electron chi connectivity index (χ2n) is 7.72. The molecule has 1 nitrogen and oxygen atoms in total. The van der Waals surface area contributed by atoms with Crippen molar-refractivity contribution in [2.45, 2.75) is 51.9 Å². The van der Waals surface area contributed by atoms with E-state index in [1.165, 1.54) is 11.0 Å². The molecule has 0 atom stereocenters. The number of hydrogen-bond acceptors (Lipinski definition) is 1. The molecule has 1 aromatic rings. The molecule has 0 amide bonds. The third-order valence-corrected chi connectivity index (χ3v) is 26.7.